The second-order valence-electron chi connectivity index (χ2n) is 2.82. The summed E-state index contributed by atoms with van der Waals surface area (Å²) in [5.41, 5.74) is 3.14. The summed E-state index contributed by atoms with van der Waals surface area (Å²) >= 11 is 7.30. The highest BCUT2D eigenvalue weighted by molar-refractivity contribution is 7.07. The molecule has 7 heteroatoms. The number of hydrogen-bond acceptors (Lipinski definition) is 5. The minimum absolute atomic E-state index is 0.402. The summed E-state index contributed by atoms with van der Waals surface area (Å²) in [6.07, 6.45) is 0. The fourth-order valence-electron chi connectivity index (χ4n) is 1.25. The van der Waals surface area contributed by atoms with Crippen molar-refractivity contribution in [2.45, 2.75) is 0 Å². The third-order valence-corrected chi connectivity index (χ3v) is 2.68. The Bertz CT molecular complexity index is 603. The Morgan fingerprint density at radius 2 is 2.20 bits per heavy atom. The largest absolute Gasteiger partial charge is 0.241 e. The molecule has 0 bridgehead atoms. The average molecular weight is 238 g/mol. The van der Waals surface area contributed by atoms with Gasteiger partial charge in [0.1, 0.15) is 10.8 Å². The first-order chi connectivity index (χ1) is 7.34. The maximum absolute atomic E-state index is 5.80. The Hall–Kier alpha value is -1.53. The first-order valence-electron chi connectivity index (χ1n) is 4.11. The molecular weight excluding hydrogens is 234 g/mol. The first kappa shape index (κ1) is 8.75. The van der Waals surface area contributed by atoms with Gasteiger partial charge in [-0.05, 0) is 12.1 Å². The van der Waals surface area contributed by atoms with E-state index in [1.807, 2.05) is 5.38 Å². The van der Waals surface area contributed by atoms with Gasteiger partial charge in [0.15, 0.2) is 5.65 Å². The summed E-state index contributed by atoms with van der Waals surface area (Å²) < 4.78 is 1.58. The molecule has 0 unspecified atom stereocenters. The van der Waals surface area contributed by atoms with E-state index in [1.54, 1.807) is 22.2 Å². The second kappa shape index (κ2) is 3.25. The molecule has 0 aromatic carbocycles. The summed E-state index contributed by atoms with van der Waals surface area (Å²) in [5, 5.41) is 14.4. The summed E-state index contributed by atoms with van der Waals surface area (Å²) in [5.74, 6) is 0.605. The Balaban J connectivity index is 2.32. The van der Waals surface area contributed by atoms with Crippen LogP contribution in [0.1, 0.15) is 0 Å². The number of hydrogen-bond donors (Lipinski definition) is 0. The lowest BCUT2D eigenvalue weighted by Gasteiger charge is -1.94. The van der Waals surface area contributed by atoms with Crippen LogP contribution in [0.2, 0.25) is 5.15 Å². The van der Waals surface area contributed by atoms with Gasteiger partial charge in [0.2, 0.25) is 5.82 Å². The Kier molecular flexibility index (Phi) is 1.90. The molecule has 3 aromatic heterocycles. The van der Waals surface area contributed by atoms with E-state index in [-0.39, 0.29) is 0 Å². The van der Waals surface area contributed by atoms with Gasteiger partial charge in [0.05, 0.1) is 5.51 Å². The summed E-state index contributed by atoms with van der Waals surface area (Å²) in [6.45, 7) is 0. The Morgan fingerprint density at radius 1 is 1.27 bits per heavy atom. The zero-order valence-electron chi connectivity index (χ0n) is 7.33. The third-order valence-electron chi connectivity index (χ3n) is 1.89. The minimum atomic E-state index is 0.402. The van der Waals surface area contributed by atoms with Crippen molar-refractivity contribution < 1.29 is 0 Å². The van der Waals surface area contributed by atoms with Gasteiger partial charge < -0.3 is 0 Å². The van der Waals surface area contributed by atoms with E-state index in [9.17, 15) is 0 Å². The first-order valence-corrected chi connectivity index (χ1v) is 5.43. The molecule has 5 nitrogen and oxygen atoms in total. The van der Waals surface area contributed by atoms with E-state index in [2.05, 4.69) is 20.3 Å². The fraction of sp³-hybridized carbons (Fsp3) is 0. The molecule has 0 spiro atoms. The molecule has 0 atom stereocenters. The van der Waals surface area contributed by atoms with Crippen molar-refractivity contribution in [3.05, 3.63) is 28.2 Å². The predicted molar refractivity (Wildman–Crippen MR) is 56.9 cm³/mol. The summed E-state index contributed by atoms with van der Waals surface area (Å²) in [6, 6.07) is 3.44. The van der Waals surface area contributed by atoms with Gasteiger partial charge in [0, 0.05) is 5.38 Å². The fourth-order valence-corrected chi connectivity index (χ4v) is 1.92. The van der Waals surface area contributed by atoms with Crippen LogP contribution in [0.25, 0.3) is 17.2 Å². The molecule has 0 amide bonds. The van der Waals surface area contributed by atoms with E-state index < -0.39 is 0 Å². The lowest BCUT2D eigenvalue weighted by Crippen LogP contribution is -1.94. The Morgan fingerprint density at radius 3 is 3.00 bits per heavy atom. The van der Waals surface area contributed by atoms with Crippen LogP contribution >= 0.6 is 22.9 Å². The highest BCUT2D eigenvalue weighted by atomic mass is 35.5. The van der Waals surface area contributed by atoms with Crippen LogP contribution in [-0.4, -0.2) is 24.8 Å². The van der Waals surface area contributed by atoms with Crippen molar-refractivity contribution in [1.82, 2.24) is 24.8 Å². The van der Waals surface area contributed by atoms with Crippen LogP contribution < -0.4 is 0 Å². The molecule has 3 heterocycles. The number of thiazole rings is 1. The van der Waals surface area contributed by atoms with Crippen molar-refractivity contribution in [3.63, 3.8) is 0 Å². The molecule has 0 aliphatic carbocycles. The number of rotatable bonds is 1. The maximum atomic E-state index is 5.80. The van der Waals surface area contributed by atoms with Crippen molar-refractivity contribution in [3.8, 4) is 11.5 Å². The highest BCUT2D eigenvalue weighted by Gasteiger charge is 2.10. The molecule has 3 aromatic rings. The number of halogens is 1. The Labute approximate surface area is 93.4 Å². The quantitative estimate of drug-likeness (QED) is 0.649. The molecule has 0 saturated carbocycles. The molecule has 74 valence electrons. The average Bonchev–Trinajstić information content (AvgIpc) is 2.83. The van der Waals surface area contributed by atoms with Crippen LogP contribution in [0.5, 0.6) is 0 Å². The molecule has 0 N–H and O–H groups in total. The molecule has 0 aliphatic rings. The normalized spacial score (nSPS) is 11.0. The summed E-state index contributed by atoms with van der Waals surface area (Å²) in [7, 11) is 0. The van der Waals surface area contributed by atoms with Crippen LogP contribution in [0.15, 0.2) is 23.0 Å². The molecule has 15 heavy (non-hydrogen) atoms. The van der Waals surface area contributed by atoms with Crippen LogP contribution in [0.3, 0.4) is 0 Å². The highest BCUT2D eigenvalue weighted by Crippen LogP contribution is 2.17. The van der Waals surface area contributed by atoms with Gasteiger partial charge in [-0.1, -0.05) is 11.6 Å². The molecule has 3 rings (SSSR count). The van der Waals surface area contributed by atoms with E-state index >= 15 is 0 Å². The van der Waals surface area contributed by atoms with Crippen LogP contribution in [0.4, 0.5) is 0 Å². The number of fused-ring (bicyclic) bond motifs is 1. The van der Waals surface area contributed by atoms with Crippen molar-refractivity contribution >= 4 is 28.6 Å². The zero-order chi connectivity index (χ0) is 10.3. The topological polar surface area (TPSA) is 56.0 Å². The van der Waals surface area contributed by atoms with Crippen LogP contribution in [0, 0.1) is 0 Å². The van der Waals surface area contributed by atoms with E-state index in [1.165, 1.54) is 11.3 Å². The second-order valence-corrected chi connectivity index (χ2v) is 3.93. The lowest BCUT2D eigenvalue weighted by molar-refractivity contribution is 0.932. The van der Waals surface area contributed by atoms with Gasteiger partial charge in [0.25, 0.3) is 0 Å². The predicted octanol–water partition coefficient (Wildman–Crippen LogP) is 1.90. The standard InChI is InChI=1S/C8H4ClN5S/c9-6-1-2-7-11-12-8(14(7)13-6)5-3-15-4-10-5/h1-4H. The third kappa shape index (κ3) is 1.38. The monoisotopic (exact) mass is 237 g/mol. The van der Waals surface area contributed by atoms with Crippen LogP contribution in [-0.2, 0) is 0 Å². The molecule has 0 fully saturated rings. The number of nitrogens with zero attached hydrogens (tertiary/aromatic N) is 5. The molecule has 0 aliphatic heterocycles. The lowest BCUT2D eigenvalue weighted by atomic mass is 10.4. The van der Waals surface area contributed by atoms with E-state index in [0.717, 1.165) is 5.69 Å². The molecule has 0 radical (unpaired) electrons. The number of aromatic nitrogens is 5. The smallest absolute Gasteiger partial charge is 0.204 e. The zero-order valence-corrected chi connectivity index (χ0v) is 8.90. The van der Waals surface area contributed by atoms with Crippen molar-refractivity contribution in [2.24, 2.45) is 0 Å². The minimum Gasteiger partial charge on any atom is -0.241 e. The SMILES string of the molecule is Clc1ccc2nnc(-c3cscn3)n2n1. The van der Waals surface area contributed by atoms with Gasteiger partial charge in [-0.25, -0.2) is 4.98 Å². The maximum Gasteiger partial charge on any atom is 0.204 e. The van der Waals surface area contributed by atoms with E-state index in [0.29, 0.717) is 16.6 Å². The van der Waals surface area contributed by atoms with E-state index in [4.69, 9.17) is 11.6 Å². The van der Waals surface area contributed by atoms with Crippen molar-refractivity contribution in [1.29, 1.82) is 0 Å². The van der Waals surface area contributed by atoms with Crippen molar-refractivity contribution in [2.75, 3.05) is 0 Å². The van der Waals surface area contributed by atoms with Gasteiger partial charge in [-0.15, -0.1) is 21.5 Å². The van der Waals surface area contributed by atoms with Gasteiger partial charge in [-0.2, -0.15) is 9.61 Å². The van der Waals surface area contributed by atoms with Gasteiger partial charge >= 0.3 is 0 Å². The van der Waals surface area contributed by atoms with Gasteiger partial charge in [-0.3, -0.25) is 0 Å². The molecule has 0 saturated heterocycles. The summed E-state index contributed by atoms with van der Waals surface area (Å²) in [4.78, 5) is 4.15. The molecular formula is C8H4ClN5S.